The van der Waals surface area contributed by atoms with Crippen LogP contribution in [-0.4, -0.2) is 44.6 Å². The highest BCUT2D eigenvalue weighted by Gasteiger charge is 2.62. The molecule has 3 saturated carbocycles. The van der Waals surface area contributed by atoms with Gasteiger partial charge in [-0.25, -0.2) is 0 Å². The van der Waals surface area contributed by atoms with Crippen LogP contribution in [0, 0.1) is 34.5 Å². The summed E-state index contributed by atoms with van der Waals surface area (Å²) < 4.78 is 14.0. The SMILES string of the molecule is CC(=O)[C@H]1CC[C@H]2[C@@H]3[C@H](OCCCCCC(=O)Nc4ccc(C(=O)c5ccc(N)cc5)cc4)C=C4C[C@@H](O[Si](C)(C)C(C)(C)C)CC[C@]4(C)[C@H]3CC[C@]12C. The molecule has 0 saturated heterocycles. The van der Waals surface area contributed by atoms with Gasteiger partial charge in [-0.15, -0.1) is 0 Å². The zero-order valence-corrected chi connectivity index (χ0v) is 35.3. The summed E-state index contributed by atoms with van der Waals surface area (Å²) >= 11 is 0. The van der Waals surface area contributed by atoms with E-state index >= 15 is 0 Å². The lowest BCUT2D eigenvalue weighted by Crippen LogP contribution is -2.56. The Bertz CT molecular complexity index is 1710. The number of nitrogens with one attached hydrogen (secondary N) is 1. The lowest BCUT2D eigenvalue weighted by Gasteiger charge is -2.60. The Morgan fingerprint density at radius 3 is 2.19 bits per heavy atom. The van der Waals surface area contributed by atoms with Gasteiger partial charge in [0.15, 0.2) is 14.1 Å². The van der Waals surface area contributed by atoms with Crippen LogP contribution < -0.4 is 11.1 Å². The van der Waals surface area contributed by atoms with Crippen LogP contribution in [0.25, 0.3) is 0 Å². The van der Waals surface area contributed by atoms with E-state index in [1.165, 1.54) is 12.8 Å². The van der Waals surface area contributed by atoms with Crippen molar-refractivity contribution in [3.05, 3.63) is 71.3 Å². The van der Waals surface area contributed by atoms with Gasteiger partial charge < -0.3 is 20.2 Å². The molecule has 6 rings (SSSR count). The molecule has 0 heterocycles. The lowest BCUT2D eigenvalue weighted by atomic mass is 9.46. The molecule has 8 atom stereocenters. The molecule has 7 nitrogen and oxygen atoms in total. The topological polar surface area (TPSA) is 108 Å². The summed E-state index contributed by atoms with van der Waals surface area (Å²) in [5.41, 5.74) is 9.96. The maximum Gasteiger partial charge on any atom is 0.224 e. The lowest BCUT2D eigenvalue weighted by molar-refractivity contribution is -0.133. The molecule has 2 aromatic carbocycles. The van der Waals surface area contributed by atoms with E-state index in [-0.39, 0.29) is 45.7 Å². The minimum absolute atomic E-state index is 0.0257. The van der Waals surface area contributed by atoms with Crippen molar-refractivity contribution in [2.24, 2.45) is 34.5 Å². The van der Waals surface area contributed by atoms with Crippen molar-refractivity contribution in [2.75, 3.05) is 17.7 Å². The van der Waals surface area contributed by atoms with E-state index in [2.05, 4.69) is 59.1 Å². The summed E-state index contributed by atoms with van der Waals surface area (Å²) in [7, 11) is -1.89. The number of ketones is 2. The number of rotatable bonds is 13. The molecule has 4 aliphatic rings. The fourth-order valence-corrected chi connectivity index (χ4v) is 12.0. The number of amides is 1. The van der Waals surface area contributed by atoms with Gasteiger partial charge in [-0.2, -0.15) is 0 Å². The molecule has 3 N–H and O–H groups in total. The number of benzene rings is 2. The minimum Gasteiger partial charge on any atom is -0.414 e. The van der Waals surface area contributed by atoms with Gasteiger partial charge in [0.05, 0.1) is 6.10 Å². The van der Waals surface area contributed by atoms with Crippen LogP contribution in [0.1, 0.15) is 128 Å². The van der Waals surface area contributed by atoms with E-state index in [0.717, 1.165) is 51.4 Å². The van der Waals surface area contributed by atoms with Gasteiger partial charge in [0.25, 0.3) is 0 Å². The van der Waals surface area contributed by atoms with Gasteiger partial charge in [-0.3, -0.25) is 14.4 Å². The van der Waals surface area contributed by atoms with Crippen LogP contribution in [0.4, 0.5) is 11.4 Å². The number of anilines is 2. The van der Waals surface area contributed by atoms with Gasteiger partial charge in [-0.05, 0) is 160 Å². The summed E-state index contributed by atoms with van der Waals surface area (Å²) in [4.78, 5) is 38.5. The monoisotopic (exact) mass is 754 g/mol. The summed E-state index contributed by atoms with van der Waals surface area (Å²) in [6.07, 6.45) is 13.6. The van der Waals surface area contributed by atoms with Crippen molar-refractivity contribution in [2.45, 2.75) is 143 Å². The van der Waals surface area contributed by atoms with E-state index in [4.69, 9.17) is 14.9 Å². The first-order valence-electron chi connectivity index (χ1n) is 20.7. The van der Waals surface area contributed by atoms with Crippen molar-refractivity contribution in [1.82, 2.24) is 0 Å². The molecule has 294 valence electrons. The number of Topliss-reactive ketones (excluding diaryl/α,β-unsaturated/α-hetero) is 1. The first-order chi connectivity index (χ1) is 25.4. The molecular weight excluding hydrogens is 689 g/mol. The summed E-state index contributed by atoms with van der Waals surface area (Å²) in [5, 5.41) is 3.17. The highest BCUT2D eigenvalue weighted by atomic mass is 28.4. The number of hydrogen-bond donors (Lipinski definition) is 2. The Morgan fingerprint density at radius 2 is 1.54 bits per heavy atom. The van der Waals surface area contributed by atoms with Gasteiger partial charge >= 0.3 is 0 Å². The average Bonchev–Trinajstić information content (AvgIpc) is 3.47. The molecule has 0 spiro atoms. The Balaban J connectivity index is 1.06. The third kappa shape index (κ3) is 8.22. The number of carbonyl (C=O) groups is 3. The van der Waals surface area contributed by atoms with Crippen LogP contribution in [0.5, 0.6) is 0 Å². The molecule has 4 aliphatic carbocycles. The number of carbonyl (C=O) groups excluding carboxylic acids is 3. The number of nitrogens with two attached hydrogens (primary N) is 1. The highest BCUT2D eigenvalue weighted by molar-refractivity contribution is 6.74. The van der Waals surface area contributed by atoms with Crippen molar-refractivity contribution in [3.63, 3.8) is 0 Å². The molecule has 2 aromatic rings. The Labute approximate surface area is 325 Å². The van der Waals surface area contributed by atoms with Gasteiger partial charge in [0, 0.05) is 47.6 Å². The molecule has 3 fully saturated rings. The van der Waals surface area contributed by atoms with Crippen molar-refractivity contribution < 1.29 is 23.5 Å². The van der Waals surface area contributed by atoms with E-state index in [0.29, 0.717) is 59.1 Å². The standard InChI is InChI=1S/C46H66N2O5Si/c1-30(49)37-21-22-38-42-39(24-26-46(37,38)6)45(5)25-23-36(53-54(7,8)44(2,3)4)28-33(45)29-40(42)52-27-11-9-10-12-41(50)48-35-19-15-32(16-20-35)43(51)31-13-17-34(47)18-14-31/h13-20,29,36-40,42H,9-12,21-28,47H2,1-8H3,(H,48,50)/t36-,37+,38-,39-,40+,42-,45-,46+/m0/s1. The van der Waals surface area contributed by atoms with Crippen LogP contribution in [0.2, 0.25) is 18.1 Å². The first kappa shape index (κ1) is 40.6. The second-order valence-corrected chi connectivity index (χ2v) is 23.9. The highest BCUT2D eigenvalue weighted by Crippen LogP contribution is 2.67. The Hall–Kier alpha value is -3.07. The zero-order chi connectivity index (χ0) is 39.1. The molecular formula is C46H66N2O5Si. The molecule has 0 bridgehead atoms. The smallest absolute Gasteiger partial charge is 0.224 e. The number of nitrogen functional groups attached to an aromatic ring is 1. The molecule has 0 aromatic heterocycles. The van der Waals surface area contributed by atoms with Crippen molar-refractivity contribution >= 4 is 37.2 Å². The normalized spacial score (nSPS) is 30.8. The summed E-state index contributed by atoms with van der Waals surface area (Å²) in [6.45, 7) is 19.2. The second-order valence-electron chi connectivity index (χ2n) is 19.2. The maximum absolute atomic E-state index is 12.9. The van der Waals surface area contributed by atoms with Crippen LogP contribution in [0.3, 0.4) is 0 Å². The number of unbranched alkanes of at least 4 members (excludes halogenated alkanes) is 2. The van der Waals surface area contributed by atoms with E-state index in [1.807, 2.05) is 6.92 Å². The quantitative estimate of drug-likeness (QED) is 0.0693. The average molecular weight is 755 g/mol. The largest absolute Gasteiger partial charge is 0.414 e. The Kier molecular flexibility index (Phi) is 11.9. The van der Waals surface area contributed by atoms with Crippen LogP contribution >= 0.6 is 0 Å². The predicted octanol–water partition coefficient (Wildman–Crippen LogP) is 10.6. The Morgan fingerprint density at radius 1 is 0.870 bits per heavy atom. The molecule has 0 radical (unpaired) electrons. The molecule has 0 aliphatic heterocycles. The molecule has 0 unspecified atom stereocenters. The van der Waals surface area contributed by atoms with E-state index < -0.39 is 8.32 Å². The maximum atomic E-state index is 12.9. The van der Waals surface area contributed by atoms with Crippen LogP contribution in [-0.2, 0) is 18.8 Å². The zero-order valence-electron chi connectivity index (χ0n) is 34.3. The number of ether oxygens (including phenoxy) is 1. The predicted molar refractivity (Wildman–Crippen MR) is 221 cm³/mol. The first-order valence-corrected chi connectivity index (χ1v) is 23.6. The van der Waals surface area contributed by atoms with E-state index in [9.17, 15) is 14.4 Å². The minimum atomic E-state index is -1.89. The number of fused-ring (bicyclic) bond motifs is 5. The molecule has 1 amide bonds. The number of hydrogen-bond acceptors (Lipinski definition) is 6. The fraction of sp³-hybridized carbons (Fsp3) is 0.630. The third-order valence-corrected chi connectivity index (χ3v) is 19.3. The van der Waals surface area contributed by atoms with Crippen molar-refractivity contribution in [1.29, 1.82) is 0 Å². The van der Waals surface area contributed by atoms with Gasteiger partial charge in [-0.1, -0.05) is 52.7 Å². The van der Waals surface area contributed by atoms with E-state index in [1.54, 1.807) is 54.1 Å². The second kappa shape index (κ2) is 15.8. The molecule has 8 heteroatoms. The summed E-state index contributed by atoms with van der Waals surface area (Å²) in [6, 6.07) is 13.9. The van der Waals surface area contributed by atoms with Gasteiger partial charge in [0.2, 0.25) is 5.91 Å². The molecule has 54 heavy (non-hydrogen) atoms. The van der Waals surface area contributed by atoms with Crippen LogP contribution in [0.15, 0.2) is 60.2 Å². The third-order valence-electron chi connectivity index (χ3n) is 14.8. The summed E-state index contributed by atoms with van der Waals surface area (Å²) in [5.74, 6) is 1.91. The van der Waals surface area contributed by atoms with Crippen molar-refractivity contribution in [3.8, 4) is 0 Å². The fourth-order valence-electron chi connectivity index (χ4n) is 10.6. The van der Waals surface area contributed by atoms with Gasteiger partial charge in [0.1, 0.15) is 5.78 Å².